The molecule has 1 rings (SSSR count). The number of carbonyl (C=O) groups is 1. The quantitative estimate of drug-likeness (QED) is 0.589. The molecule has 1 aromatic rings. The number of benzene rings is 1. The molecule has 1 amide bonds. The molecule has 0 unspecified atom stereocenters. The Labute approximate surface area is 153 Å². The second-order valence-electron chi connectivity index (χ2n) is 6.54. The molecule has 0 atom stereocenters. The van der Waals surface area contributed by atoms with Gasteiger partial charge in [-0.05, 0) is 36.8 Å². The van der Waals surface area contributed by atoms with E-state index in [9.17, 15) is 23.1 Å². The average Bonchev–Trinajstić information content (AvgIpc) is 2.57. The van der Waals surface area contributed by atoms with Crippen molar-refractivity contribution in [3.8, 4) is 0 Å². The van der Waals surface area contributed by atoms with Crippen molar-refractivity contribution in [2.75, 3.05) is 6.54 Å². The molecule has 3 nitrogen and oxygen atoms in total. The van der Waals surface area contributed by atoms with Crippen molar-refractivity contribution < 1.29 is 23.1 Å². The molecule has 0 aromatic heterocycles. The molecule has 0 saturated heterocycles. The molecule has 2 N–H and O–H groups in total. The van der Waals surface area contributed by atoms with Crippen LogP contribution in [0.3, 0.4) is 0 Å². The van der Waals surface area contributed by atoms with Gasteiger partial charge in [-0.1, -0.05) is 63.1 Å². The minimum Gasteiger partial charge on any atom is -0.386 e. The molecule has 146 valence electrons. The second kappa shape index (κ2) is 10.4. The first kappa shape index (κ1) is 22.2. The summed E-state index contributed by atoms with van der Waals surface area (Å²) in [7, 11) is 0. The summed E-state index contributed by atoms with van der Waals surface area (Å²) in [6.07, 6.45) is 3.07. The molecule has 0 radical (unpaired) electrons. The summed E-state index contributed by atoms with van der Waals surface area (Å²) in [5.74, 6) is -1.90. The van der Waals surface area contributed by atoms with Gasteiger partial charge in [0.05, 0.1) is 5.60 Å². The van der Waals surface area contributed by atoms with E-state index < -0.39 is 17.7 Å². The zero-order valence-electron chi connectivity index (χ0n) is 15.4. The SMILES string of the molecule is CCCC(O)(/C=C/c1cccc(CCCNC(=O)C(F)(F)F)c1)CCC. The van der Waals surface area contributed by atoms with Crippen LogP contribution >= 0.6 is 0 Å². The third kappa shape index (κ3) is 8.04. The highest BCUT2D eigenvalue weighted by molar-refractivity contribution is 5.81. The highest BCUT2D eigenvalue weighted by Gasteiger charge is 2.38. The Kier molecular flexibility index (Phi) is 8.85. The summed E-state index contributed by atoms with van der Waals surface area (Å²) in [5.41, 5.74) is 1.11. The van der Waals surface area contributed by atoms with Gasteiger partial charge in [0.2, 0.25) is 0 Å². The van der Waals surface area contributed by atoms with E-state index in [4.69, 9.17) is 0 Å². The van der Waals surface area contributed by atoms with Crippen LogP contribution in [0.4, 0.5) is 13.2 Å². The molecule has 1 aromatic carbocycles. The molecule has 0 aliphatic heterocycles. The second-order valence-corrected chi connectivity index (χ2v) is 6.54. The van der Waals surface area contributed by atoms with E-state index in [-0.39, 0.29) is 6.54 Å². The van der Waals surface area contributed by atoms with E-state index in [0.29, 0.717) is 25.7 Å². The third-order valence-electron chi connectivity index (χ3n) is 4.09. The van der Waals surface area contributed by atoms with Gasteiger partial charge in [-0.25, -0.2) is 0 Å². The van der Waals surface area contributed by atoms with Gasteiger partial charge in [0.1, 0.15) is 0 Å². The predicted molar refractivity (Wildman–Crippen MR) is 97.6 cm³/mol. The van der Waals surface area contributed by atoms with Gasteiger partial charge in [0.25, 0.3) is 0 Å². The number of rotatable bonds is 10. The number of amides is 1. The number of aliphatic hydroxyl groups is 1. The molecule has 0 aliphatic rings. The minimum absolute atomic E-state index is 0.0227. The Morgan fingerprint density at radius 1 is 1.19 bits per heavy atom. The number of carbonyl (C=O) groups excluding carboxylic acids is 1. The van der Waals surface area contributed by atoms with Crippen LogP contribution < -0.4 is 5.32 Å². The van der Waals surface area contributed by atoms with Crippen molar-refractivity contribution in [3.63, 3.8) is 0 Å². The Morgan fingerprint density at radius 3 is 2.42 bits per heavy atom. The monoisotopic (exact) mass is 371 g/mol. The number of hydrogen-bond donors (Lipinski definition) is 2. The number of alkyl halides is 3. The first-order valence-corrected chi connectivity index (χ1v) is 9.06. The van der Waals surface area contributed by atoms with Gasteiger partial charge in [0.15, 0.2) is 0 Å². The molecule has 0 saturated carbocycles. The van der Waals surface area contributed by atoms with Crippen molar-refractivity contribution in [1.29, 1.82) is 0 Å². The van der Waals surface area contributed by atoms with Gasteiger partial charge < -0.3 is 10.4 Å². The van der Waals surface area contributed by atoms with Gasteiger partial charge in [-0.15, -0.1) is 0 Å². The van der Waals surface area contributed by atoms with E-state index in [1.54, 1.807) is 0 Å². The fourth-order valence-electron chi connectivity index (χ4n) is 2.86. The van der Waals surface area contributed by atoms with E-state index in [1.165, 1.54) is 0 Å². The highest BCUT2D eigenvalue weighted by Crippen LogP contribution is 2.22. The van der Waals surface area contributed by atoms with Gasteiger partial charge in [-0.2, -0.15) is 13.2 Å². The molecule has 0 spiro atoms. The highest BCUT2D eigenvalue weighted by atomic mass is 19.4. The van der Waals surface area contributed by atoms with Crippen molar-refractivity contribution in [2.24, 2.45) is 0 Å². The molecule has 0 heterocycles. The predicted octanol–water partition coefficient (Wildman–Crippen LogP) is 4.64. The number of aryl methyl sites for hydroxylation is 1. The zero-order chi connectivity index (χ0) is 19.6. The third-order valence-corrected chi connectivity index (χ3v) is 4.09. The van der Waals surface area contributed by atoms with Crippen LogP contribution in [0.2, 0.25) is 0 Å². The fourth-order valence-corrected chi connectivity index (χ4v) is 2.86. The van der Waals surface area contributed by atoms with Crippen molar-refractivity contribution >= 4 is 12.0 Å². The number of hydrogen-bond acceptors (Lipinski definition) is 2. The van der Waals surface area contributed by atoms with Gasteiger partial charge in [-0.3, -0.25) is 4.79 Å². The maximum Gasteiger partial charge on any atom is 0.471 e. The number of nitrogens with one attached hydrogen (secondary N) is 1. The summed E-state index contributed by atoms with van der Waals surface area (Å²) in [4.78, 5) is 10.7. The minimum atomic E-state index is -4.83. The molecule has 0 bridgehead atoms. The Hall–Kier alpha value is -1.82. The summed E-state index contributed by atoms with van der Waals surface area (Å²) in [6.45, 7) is 4.05. The standard InChI is InChI=1S/C20H28F3NO2/c1-3-11-19(26,12-4-2)13-10-17-8-5-7-16(15-17)9-6-14-24-18(25)20(21,22)23/h5,7-8,10,13,15,26H,3-4,6,9,11-12,14H2,1-2H3,(H,24,25)/b13-10+. The lowest BCUT2D eigenvalue weighted by atomic mass is 9.91. The van der Waals surface area contributed by atoms with Crippen LogP contribution in [0.1, 0.15) is 57.1 Å². The maximum absolute atomic E-state index is 12.1. The molecule has 26 heavy (non-hydrogen) atoms. The lowest BCUT2D eigenvalue weighted by Gasteiger charge is -2.23. The van der Waals surface area contributed by atoms with Crippen LogP contribution in [-0.2, 0) is 11.2 Å². The molecular formula is C20H28F3NO2. The summed E-state index contributed by atoms with van der Waals surface area (Å²) < 4.78 is 36.3. The summed E-state index contributed by atoms with van der Waals surface area (Å²) >= 11 is 0. The average molecular weight is 371 g/mol. The lowest BCUT2D eigenvalue weighted by molar-refractivity contribution is -0.173. The van der Waals surface area contributed by atoms with Crippen LogP contribution in [0, 0.1) is 0 Å². The van der Waals surface area contributed by atoms with Crippen LogP contribution in [0.25, 0.3) is 6.08 Å². The fraction of sp³-hybridized carbons (Fsp3) is 0.550. The first-order chi connectivity index (χ1) is 12.2. The Bertz CT molecular complexity index is 591. The van der Waals surface area contributed by atoms with Crippen LogP contribution in [0.15, 0.2) is 30.3 Å². The summed E-state index contributed by atoms with van der Waals surface area (Å²) in [5, 5.41) is 12.5. The molecule has 6 heteroatoms. The largest absolute Gasteiger partial charge is 0.471 e. The molecule has 0 aliphatic carbocycles. The maximum atomic E-state index is 12.1. The van der Waals surface area contributed by atoms with E-state index in [1.807, 2.05) is 55.6 Å². The Balaban J connectivity index is 2.59. The normalized spacial score (nSPS) is 12.5. The van der Waals surface area contributed by atoms with E-state index >= 15 is 0 Å². The lowest BCUT2D eigenvalue weighted by Crippen LogP contribution is -2.37. The van der Waals surface area contributed by atoms with Gasteiger partial charge >= 0.3 is 12.1 Å². The topological polar surface area (TPSA) is 49.3 Å². The van der Waals surface area contributed by atoms with Gasteiger partial charge in [0, 0.05) is 6.54 Å². The first-order valence-electron chi connectivity index (χ1n) is 9.06. The smallest absolute Gasteiger partial charge is 0.386 e. The van der Waals surface area contributed by atoms with Crippen molar-refractivity contribution in [1.82, 2.24) is 5.32 Å². The van der Waals surface area contributed by atoms with E-state index in [2.05, 4.69) is 0 Å². The molecular weight excluding hydrogens is 343 g/mol. The zero-order valence-corrected chi connectivity index (χ0v) is 15.4. The van der Waals surface area contributed by atoms with E-state index in [0.717, 1.165) is 24.0 Å². The number of halogens is 3. The van der Waals surface area contributed by atoms with Crippen LogP contribution in [-0.4, -0.2) is 29.3 Å². The van der Waals surface area contributed by atoms with Crippen molar-refractivity contribution in [2.45, 2.75) is 64.1 Å². The van der Waals surface area contributed by atoms with Crippen LogP contribution in [0.5, 0.6) is 0 Å². The van der Waals surface area contributed by atoms with Crippen molar-refractivity contribution in [3.05, 3.63) is 41.5 Å². The summed E-state index contributed by atoms with van der Waals surface area (Å²) in [6, 6.07) is 7.64. The Morgan fingerprint density at radius 2 is 1.85 bits per heavy atom. The molecule has 0 fully saturated rings.